The standard InChI is InChI=1S/C36H22N4O3/c1-5-14-30-26(10-1)39(27-11-2-6-15-31(27)41-30)24-20-23(36-38-35-34(43-36)18-9-19-37-35)21-25(22-24)40-28-12-3-7-16-32(28)42-33-17-8-4-13-29(33)40/h1-22H. The van der Waals surface area contributed by atoms with Crippen molar-refractivity contribution in [1.82, 2.24) is 9.97 Å². The van der Waals surface area contributed by atoms with Gasteiger partial charge in [0.05, 0.1) is 22.7 Å². The van der Waals surface area contributed by atoms with Gasteiger partial charge in [0.25, 0.3) is 0 Å². The second-order valence-corrected chi connectivity index (χ2v) is 10.3. The molecule has 7 heteroatoms. The van der Waals surface area contributed by atoms with Gasteiger partial charge in [-0.15, -0.1) is 0 Å². The second kappa shape index (κ2) is 9.22. The van der Waals surface area contributed by atoms with Gasteiger partial charge in [0.15, 0.2) is 34.2 Å². The van der Waals surface area contributed by atoms with Crippen molar-refractivity contribution in [2.24, 2.45) is 0 Å². The van der Waals surface area contributed by atoms with Crippen LogP contribution in [0.5, 0.6) is 23.0 Å². The molecule has 0 aliphatic carbocycles. The van der Waals surface area contributed by atoms with Crippen LogP contribution in [0.25, 0.3) is 22.7 Å². The summed E-state index contributed by atoms with van der Waals surface area (Å²) in [5.74, 6) is 3.60. The van der Waals surface area contributed by atoms with Crippen molar-refractivity contribution in [3.8, 4) is 34.5 Å². The van der Waals surface area contributed by atoms with Crippen LogP contribution in [0, 0.1) is 0 Å². The van der Waals surface area contributed by atoms with Crippen LogP contribution < -0.4 is 19.3 Å². The summed E-state index contributed by atoms with van der Waals surface area (Å²) in [5.41, 5.74) is 7.60. The third kappa shape index (κ3) is 3.75. The topological polar surface area (TPSA) is 63.9 Å². The Morgan fingerprint density at radius 3 is 1.42 bits per heavy atom. The summed E-state index contributed by atoms with van der Waals surface area (Å²) in [6.07, 6.45) is 1.72. The fraction of sp³-hybridized carbons (Fsp3) is 0. The van der Waals surface area contributed by atoms with E-state index >= 15 is 0 Å². The van der Waals surface area contributed by atoms with Crippen LogP contribution in [-0.4, -0.2) is 9.97 Å². The summed E-state index contributed by atoms with van der Waals surface area (Å²) < 4.78 is 18.9. The van der Waals surface area contributed by atoms with E-state index in [4.69, 9.17) is 18.9 Å². The first kappa shape index (κ1) is 23.6. The van der Waals surface area contributed by atoms with Crippen molar-refractivity contribution in [1.29, 1.82) is 0 Å². The van der Waals surface area contributed by atoms with Crippen LogP contribution in [0.3, 0.4) is 0 Å². The summed E-state index contributed by atoms with van der Waals surface area (Å²) in [7, 11) is 0. The van der Waals surface area contributed by atoms with Crippen LogP contribution >= 0.6 is 0 Å². The Morgan fingerprint density at radius 2 is 0.953 bits per heavy atom. The van der Waals surface area contributed by atoms with Crippen LogP contribution in [0.2, 0.25) is 0 Å². The highest BCUT2D eigenvalue weighted by Crippen LogP contribution is 2.54. The minimum Gasteiger partial charge on any atom is -0.453 e. The minimum absolute atomic E-state index is 0.487. The van der Waals surface area contributed by atoms with E-state index in [0.29, 0.717) is 17.1 Å². The lowest BCUT2D eigenvalue weighted by molar-refractivity contribution is 0.477. The largest absolute Gasteiger partial charge is 0.453 e. The number of pyridine rings is 1. The number of ether oxygens (including phenoxy) is 2. The molecule has 7 nitrogen and oxygen atoms in total. The van der Waals surface area contributed by atoms with Gasteiger partial charge in [-0.2, -0.15) is 4.98 Å². The lowest BCUT2D eigenvalue weighted by Crippen LogP contribution is -2.18. The first-order chi connectivity index (χ1) is 21.3. The van der Waals surface area contributed by atoms with E-state index in [-0.39, 0.29) is 0 Å². The molecule has 0 amide bonds. The van der Waals surface area contributed by atoms with Crippen molar-refractivity contribution in [3.05, 3.63) is 134 Å². The molecule has 0 saturated heterocycles. The normalized spacial score (nSPS) is 12.9. The molecule has 0 bridgehead atoms. The Labute approximate surface area is 246 Å². The molecule has 4 heterocycles. The highest BCUT2D eigenvalue weighted by Gasteiger charge is 2.30. The first-order valence-electron chi connectivity index (χ1n) is 14.0. The van der Waals surface area contributed by atoms with E-state index < -0.39 is 0 Å². The van der Waals surface area contributed by atoms with Crippen molar-refractivity contribution in [3.63, 3.8) is 0 Å². The molecule has 9 rings (SSSR count). The summed E-state index contributed by atoms with van der Waals surface area (Å²) in [5, 5.41) is 0. The molecule has 204 valence electrons. The van der Waals surface area contributed by atoms with Crippen LogP contribution in [-0.2, 0) is 0 Å². The summed E-state index contributed by atoms with van der Waals surface area (Å²) in [6, 6.07) is 42.4. The maximum atomic E-state index is 6.32. The summed E-state index contributed by atoms with van der Waals surface area (Å²) in [4.78, 5) is 13.6. The quantitative estimate of drug-likeness (QED) is 0.214. The number of hydrogen-bond acceptors (Lipinski definition) is 7. The fourth-order valence-electron chi connectivity index (χ4n) is 5.83. The molecule has 0 spiro atoms. The van der Waals surface area contributed by atoms with E-state index in [1.165, 1.54) is 0 Å². The van der Waals surface area contributed by atoms with Crippen molar-refractivity contribution in [2.75, 3.05) is 9.80 Å². The average molecular weight is 559 g/mol. The number of oxazole rings is 1. The van der Waals surface area contributed by atoms with Gasteiger partial charge in [-0.05, 0) is 78.9 Å². The second-order valence-electron chi connectivity index (χ2n) is 10.3. The Balaban J connectivity index is 1.32. The molecular weight excluding hydrogens is 536 g/mol. The zero-order valence-corrected chi connectivity index (χ0v) is 22.7. The molecule has 5 aromatic carbocycles. The van der Waals surface area contributed by atoms with E-state index in [2.05, 4.69) is 57.2 Å². The van der Waals surface area contributed by atoms with E-state index in [0.717, 1.165) is 62.7 Å². The van der Waals surface area contributed by atoms with Gasteiger partial charge in [0, 0.05) is 23.1 Å². The molecule has 0 radical (unpaired) electrons. The zero-order valence-electron chi connectivity index (χ0n) is 22.7. The minimum atomic E-state index is 0.487. The Hall–Kier alpha value is -6.08. The lowest BCUT2D eigenvalue weighted by atomic mass is 10.1. The van der Waals surface area contributed by atoms with Gasteiger partial charge >= 0.3 is 0 Å². The number of benzene rings is 5. The van der Waals surface area contributed by atoms with Crippen molar-refractivity contribution in [2.45, 2.75) is 0 Å². The van der Waals surface area contributed by atoms with Crippen molar-refractivity contribution < 1.29 is 13.9 Å². The number of nitrogens with zero attached hydrogens (tertiary/aromatic N) is 4. The van der Waals surface area contributed by atoms with Crippen LogP contribution in [0.4, 0.5) is 34.1 Å². The summed E-state index contributed by atoms with van der Waals surface area (Å²) in [6.45, 7) is 0. The third-order valence-corrected chi connectivity index (χ3v) is 7.70. The number of anilines is 6. The molecule has 2 aliphatic rings. The Kier molecular flexibility index (Phi) is 5.06. The van der Waals surface area contributed by atoms with Crippen molar-refractivity contribution >= 4 is 45.4 Å². The lowest BCUT2D eigenvalue weighted by Gasteiger charge is -2.35. The van der Waals surface area contributed by atoms with Gasteiger partial charge < -0.3 is 23.7 Å². The SMILES string of the molecule is c1ccc2c(c1)Oc1ccccc1N2c1cc(-c2nc3ncccc3o2)cc(N2c3ccccc3Oc3ccccc32)c1. The molecule has 0 unspecified atom stereocenters. The monoisotopic (exact) mass is 558 g/mol. The number of hydrogen-bond donors (Lipinski definition) is 0. The maximum Gasteiger partial charge on any atom is 0.229 e. The molecule has 43 heavy (non-hydrogen) atoms. The predicted molar refractivity (Wildman–Crippen MR) is 167 cm³/mol. The van der Waals surface area contributed by atoms with Gasteiger partial charge in [0.2, 0.25) is 5.89 Å². The van der Waals surface area contributed by atoms with Crippen LogP contribution in [0.1, 0.15) is 0 Å². The fourth-order valence-corrected chi connectivity index (χ4v) is 5.83. The van der Waals surface area contributed by atoms with E-state index in [9.17, 15) is 0 Å². The molecule has 2 aromatic heterocycles. The summed E-state index contributed by atoms with van der Waals surface area (Å²) >= 11 is 0. The van der Waals surface area contributed by atoms with Gasteiger partial charge in [0.1, 0.15) is 0 Å². The third-order valence-electron chi connectivity index (χ3n) is 7.70. The Morgan fingerprint density at radius 1 is 0.488 bits per heavy atom. The maximum absolute atomic E-state index is 6.32. The van der Waals surface area contributed by atoms with Gasteiger partial charge in [-0.3, -0.25) is 0 Å². The smallest absolute Gasteiger partial charge is 0.229 e. The molecule has 0 fully saturated rings. The highest BCUT2D eigenvalue weighted by molar-refractivity contribution is 5.93. The number of para-hydroxylation sites is 8. The molecule has 0 saturated carbocycles. The number of rotatable bonds is 3. The molecular formula is C36H22N4O3. The molecule has 7 aromatic rings. The Bertz CT molecular complexity index is 1950. The molecule has 2 aliphatic heterocycles. The molecule has 0 N–H and O–H groups in total. The number of fused-ring (bicyclic) bond motifs is 5. The molecule has 0 atom stereocenters. The van der Waals surface area contributed by atoms with E-state index in [1.54, 1.807) is 6.20 Å². The first-order valence-corrected chi connectivity index (χ1v) is 14.0. The zero-order chi connectivity index (χ0) is 28.3. The van der Waals surface area contributed by atoms with Gasteiger partial charge in [-0.1, -0.05) is 48.5 Å². The van der Waals surface area contributed by atoms with Gasteiger partial charge in [-0.25, -0.2) is 4.98 Å². The van der Waals surface area contributed by atoms with Crippen LogP contribution in [0.15, 0.2) is 138 Å². The highest BCUT2D eigenvalue weighted by atomic mass is 16.5. The predicted octanol–water partition coefficient (Wildman–Crippen LogP) is 10.0. The van der Waals surface area contributed by atoms with E-state index in [1.807, 2.05) is 84.9 Å². The number of aromatic nitrogens is 2. The average Bonchev–Trinajstić information content (AvgIpc) is 3.50.